The number of nitrogens with one attached hydrogen (secondary N) is 1. The predicted molar refractivity (Wildman–Crippen MR) is 146 cm³/mol. The highest BCUT2D eigenvalue weighted by Gasteiger charge is 2.21. The van der Waals surface area contributed by atoms with Crippen molar-refractivity contribution in [1.29, 1.82) is 0 Å². The molecule has 4 aromatic rings. The Morgan fingerprint density at radius 1 is 1.11 bits per heavy atom. The van der Waals surface area contributed by atoms with Crippen LogP contribution in [0.25, 0.3) is 22.6 Å². The van der Waals surface area contributed by atoms with Gasteiger partial charge < -0.3 is 24.3 Å². The second-order valence-electron chi connectivity index (χ2n) is 9.26. The predicted octanol–water partition coefficient (Wildman–Crippen LogP) is 5.26. The molecular weight excluding hydrogens is 483 g/mol. The molecule has 1 aliphatic rings. The first-order valence-electron chi connectivity index (χ1n) is 12.5. The molecule has 0 aliphatic carbocycles. The fourth-order valence-electron chi connectivity index (χ4n) is 4.51. The third-order valence-corrected chi connectivity index (χ3v) is 6.69. The molecule has 2 aromatic carbocycles. The molecule has 0 amide bonds. The third kappa shape index (κ3) is 5.38. The average molecular weight is 515 g/mol. The van der Waals surface area contributed by atoms with E-state index in [4.69, 9.17) is 9.47 Å². The molecule has 0 bridgehead atoms. The van der Waals surface area contributed by atoms with Crippen LogP contribution in [-0.2, 0) is 4.74 Å². The number of rotatable bonds is 8. The Bertz CT molecular complexity index is 1430. The quantitative estimate of drug-likeness (QED) is 0.344. The molecule has 1 aliphatic heterocycles. The van der Waals surface area contributed by atoms with Crippen molar-refractivity contribution in [3.05, 3.63) is 90.3 Å². The van der Waals surface area contributed by atoms with Crippen molar-refractivity contribution in [3.8, 4) is 22.7 Å². The van der Waals surface area contributed by atoms with Gasteiger partial charge in [-0.3, -0.25) is 0 Å². The van der Waals surface area contributed by atoms with E-state index in [1.165, 1.54) is 12.1 Å². The lowest BCUT2D eigenvalue weighted by atomic mass is 10.0. The van der Waals surface area contributed by atoms with Crippen molar-refractivity contribution >= 4 is 11.5 Å². The average Bonchev–Trinajstić information content (AvgIpc) is 3.39. The topological polar surface area (TPSA) is 77.3 Å². The maximum atomic E-state index is 13.5. The number of imidazole rings is 1. The van der Waals surface area contributed by atoms with E-state index < -0.39 is 0 Å². The van der Waals surface area contributed by atoms with Crippen molar-refractivity contribution in [2.75, 3.05) is 38.7 Å². The molecule has 0 saturated carbocycles. The van der Waals surface area contributed by atoms with Gasteiger partial charge in [0.1, 0.15) is 11.6 Å². The monoisotopic (exact) mass is 514 g/mol. The molecule has 196 valence electrons. The third-order valence-electron chi connectivity index (χ3n) is 6.69. The van der Waals surface area contributed by atoms with Gasteiger partial charge in [0.2, 0.25) is 0 Å². The lowest BCUT2D eigenvalue weighted by Gasteiger charge is -2.31. The standard InChI is InChI=1S/C29H31FN6O2/c1-19-17-36(18-31-19)27-10-7-23(15-28(27)37-4)26-16-25(21(3)35-11-13-38-14-12-35)29(34-33-26)32-20(2)22-5-8-24(30)9-6-22/h5-10,15-18,20H,3,11-14H2,1-2,4H3,(H,32,34)/t20-/m0/s1. The van der Waals surface area contributed by atoms with E-state index in [9.17, 15) is 4.39 Å². The van der Waals surface area contributed by atoms with Crippen LogP contribution in [0.5, 0.6) is 5.75 Å². The summed E-state index contributed by atoms with van der Waals surface area (Å²) < 4.78 is 26.6. The molecule has 2 aromatic heterocycles. The van der Waals surface area contributed by atoms with Crippen molar-refractivity contribution in [2.45, 2.75) is 19.9 Å². The summed E-state index contributed by atoms with van der Waals surface area (Å²) in [4.78, 5) is 6.52. The Kier molecular flexibility index (Phi) is 7.37. The summed E-state index contributed by atoms with van der Waals surface area (Å²) in [6, 6.07) is 14.2. The van der Waals surface area contributed by atoms with Gasteiger partial charge in [-0.1, -0.05) is 24.8 Å². The summed E-state index contributed by atoms with van der Waals surface area (Å²) in [5.41, 5.74) is 6.00. The molecule has 1 N–H and O–H groups in total. The lowest BCUT2D eigenvalue weighted by molar-refractivity contribution is 0.0641. The van der Waals surface area contributed by atoms with E-state index in [2.05, 4.69) is 32.0 Å². The van der Waals surface area contributed by atoms with Crippen LogP contribution in [-0.4, -0.2) is 58.1 Å². The van der Waals surface area contributed by atoms with Gasteiger partial charge in [0.25, 0.3) is 0 Å². The molecule has 0 unspecified atom stereocenters. The smallest absolute Gasteiger partial charge is 0.158 e. The molecule has 3 heterocycles. The molecule has 38 heavy (non-hydrogen) atoms. The molecular formula is C29H31FN6O2. The zero-order chi connectivity index (χ0) is 26.6. The Hall–Kier alpha value is -4.24. The highest BCUT2D eigenvalue weighted by Crippen LogP contribution is 2.33. The van der Waals surface area contributed by atoms with Gasteiger partial charge in [-0.15, -0.1) is 10.2 Å². The van der Waals surface area contributed by atoms with E-state index in [-0.39, 0.29) is 11.9 Å². The van der Waals surface area contributed by atoms with Crippen molar-refractivity contribution < 1.29 is 13.9 Å². The second-order valence-corrected chi connectivity index (χ2v) is 9.26. The van der Waals surface area contributed by atoms with E-state index in [1.807, 2.05) is 48.9 Å². The summed E-state index contributed by atoms with van der Waals surface area (Å²) in [5, 5.41) is 12.6. The molecule has 0 spiro atoms. The minimum Gasteiger partial charge on any atom is -0.495 e. The zero-order valence-corrected chi connectivity index (χ0v) is 21.8. The lowest BCUT2D eigenvalue weighted by Crippen LogP contribution is -2.35. The van der Waals surface area contributed by atoms with Crippen LogP contribution in [0.1, 0.15) is 29.8 Å². The van der Waals surface area contributed by atoms with Gasteiger partial charge >= 0.3 is 0 Å². The molecule has 1 atom stereocenters. The highest BCUT2D eigenvalue weighted by molar-refractivity contribution is 5.76. The number of halogens is 1. The Labute approximate surface area is 221 Å². The van der Waals surface area contributed by atoms with Crippen molar-refractivity contribution in [3.63, 3.8) is 0 Å². The van der Waals surface area contributed by atoms with Crippen LogP contribution in [0.15, 0.2) is 67.6 Å². The summed E-state index contributed by atoms with van der Waals surface area (Å²) in [7, 11) is 1.65. The van der Waals surface area contributed by atoms with Crippen LogP contribution in [0.2, 0.25) is 0 Å². The number of morpholine rings is 1. The summed E-state index contributed by atoms with van der Waals surface area (Å²) in [5.74, 6) is 1.04. The van der Waals surface area contributed by atoms with Crippen LogP contribution >= 0.6 is 0 Å². The molecule has 5 rings (SSSR count). The Morgan fingerprint density at radius 2 is 1.87 bits per heavy atom. The van der Waals surface area contributed by atoms with E-state index in [1.54, 1.807) is 25.6 Å². The summed E-state index contributed by atoms with van der Waals surface area (Å²) >= 11 is 0. The van der Waals surface area contributed by atoms with Crippen molar-refractivity contribution in [2.24, 2.45) is 0 Å². The van der Waals surface area contributed by atoms with Gasteiger partial charge in [0, 0.05) is 36.1 Å². The molecule has 0 radical (unpaired) electrons. The highest BCUT2D eigenvalue weighted by atomic mass is 19.1. The maximum Gasteiger partial charge on any atom is 0.158 e. The summed E-state index contributed by atoms with van der Waals surface area (Å²) in [6.07, 6.45) is 3.71. The number of nitrogens with zero attached hydrogens (tertiary/aromatic N) is 5. The van der Waals surface area contributed by atoms with Crippen molar-refractivity contribution in [1.82, 2.24) is 24.6 Å². The van der Waals surface area contributed by atoms with Crippen LogP contribution in [0.4, 0.5) is 10.2 Å². The number of aryl methyl sites for hydroxylation is 1. The maximum absolute atomic E-state index is 13.5. The first kappa shape index (κ1) is 25.4. The largest absolute Gasteiger partial charge is 0.495 e. The van der Waals surface area contributed by atoms with Gasteiger partial charge in [-0.05, 0) is 49.7 Å². The van der Waals surface area contributed by atoms with E-state index in [0.717, 1.165) is 46.9 Å². The van der Waals surface area contributed by atoms with Gasteiger partial charge in [-0.25, -0.2) is 9.37 Å². The molecule has 9 heteroatoms. The van der Waals surface area contributed by atoms with Crippen LogP contribution in [0, 0.1) is 12.7 Å². The first-order valence-corrected chi connectivity index (χ1v) is 12.5. The van der Waals surface area contributed by atoms with Gasteiger partial charge in [-0.2, -0.15) is 0 Å². The Balaban J connectivity index is 1.51. The fourth-order valence-corrected chi connectivity index (χ4v) is 4.51. The molecule has 1 saturated heterocycles. The minimum absolute atomic E-state index is 0.120. The molecule has 1 fully saturated rings. The number of hydrogen-bond acceptors (Lipinski definition) is 7. The minimum atomic E-state index is -0.268. The fraction of sp³-hybridized carbons (Fsp3) is 0.276. The second kappa shape index (κ2) is 11.0. The van der Waals surface area contributed by atoms with E-state index >= 15 is 0 Å². The molecule has 8 nitrogen and oxygen atoms in total. The van der Waals surface area contributed by atoms with Crippen LogP contribution in [0.3, 0.4) is 0 Å². The number of ether oxygens (including phenoxy) is 2. The normalized spacial score (nSPS) is 14.3. The number of methoxy groups -OCH3 is 1. The zero-order valence-electron chi connectivity index (χ0n) is 21.8. The Morgan fingerprint density at radius 3 is 2.55 bits per heavy atom. The number of benzene rings is 2. The number of anilines is 1. The van der Waals surface area contributed by atoms with E-state index in [0.29, 0.717) is 30.5 Å². The van der Waals surface area contributed by atoms with Gasteiger partial charge in [0.15, 0.2) is 5.82 Å². The first-order chi connectivity index (χ1) is 18.4. The SMILES string of the molecule is C=C(c1cc(-c2ccc(-n3cnc(C)c3)c(OC)c2)nnc1N[C@@H](C)c1ccc(F)cc1)N1CCOCC1. The number of hydrogen-bond donors (Lipinski definition) is 1. The summed E-state index contributed by atoms with van der Waals surface area (Å²) in [6.45, 7) is 11.1. The van der Waals surface area contributed by atoms with Crippen LogP contribution < -0.4 is 10.1 Å². The van der Waals surface area contributed by atoms with Gasteiger partial charge in [0.05, 0.1) is 49.8 Å². The number of aromatic nitrogens is 4.